The predicted molar refractivity (Wildman–Crippen MR) is 42.7 cm³/mol. The van der Waals surface area contributed by atoms with E-state index in [4.69, 9.17) is 7.82 Å². The van der Waals surface area contributed by atoms with Crippen LogP contribution in [0, 0.1) is 0 Å². The molecule has 1 aromatic carbocycles. The molecule has 0 aliphatic rings. The molecular weight excluding hydrogens is 223 g/mol. The van der Waals surface area contributed by atoms with Crippen LogP contribution in [-0.2, 0) is 7.47 Å². The van der Waals surface area contributed by atoms with Gasteiger partial charge in [-0.05, 0) is 0 Å². The van der Waals surface area contributed by atoms with Crippen molar-refractivity contribution < 1.29 is 15.3 Å². The second kappa shape index (κ2) is 3.80. The van der Waals surface area contributed by atoms with Crippen molar-refractivity contribution in [2.75, 3.05) is 7.11 Å². The van der Waals surface area contributed by atoms with Gasteiger partial charge in [0.25, 0.3) is 0 Å². The average molecular weight is 232 g/mol. The number of hydrogen-bond donors (Lipinski definition) is 1. The van der Waals surface area contributed by atoms with E-state index in [2.05, 4.69) is 3.73 Å². The molecule has 12 heavy (non-hydrogen) atoms. The van der Waals surface area contributed by atoms with Crippen LogP contribution in [0.15, 0.2) is 30.3 Å². The van der Waals surface area contributed by atoms with E-state index in [1.165, 1.54) is 0 Å². The molecule has 0 aliphatic heterocycles. The van der Waals surface area contributed by atoms with Crippen molar-refractivity contribution in [3.05, 3.63) is 30.3 Å². The SMILES string of the molecule is CO[As](=O)(O)Oc1ccccc1. The van der Waals surface area contributed by atoms with Crippen molar-refractivity contribution in [2.45, 2.75) is 0 Å². The maximum absolute atomic E-state index is 10.9. The molecule has 0 saturated heterocycles. The molecule has 0 heterocycles. The Balaban J connectivity index is 2.71. The molecule has 0 bridgehead atoms. The molecule has 1 aromatic rings. The molecule has 0 amide bonds. The van der Waals surface area contributed by atoms with Gasteiger partial charge in [-0.25, -0.2) is 0 Å². The van der Waals surface area contributed by atoms with Gasteiger partial charge in [0.2, 0.25) is 0 Å². The van der Waals surface area contributed by atoms with Crippen LogP contribution in [0.5, 0.6) is 5.75 Å². The van der Waals surface area contributed by atoms with Gasteiger partial charge in [0.1, 0.15) is 0 Å². The van der Waals surface area contributed by atoms with E-state index in [0.29, 0.717) is 5.75 Å². The van der Waals surface area contributed by atoms with Gasteiger partial charge in [-0.3, -0.25) is 0 Å². The van der Waals surface area contributed by atoms with Crippen molar-refractivity contribution >= 4 is 14.5 Å². The Morgan fingerprint density at radius 2 is 1.92 bits per heavy atom. The topological polar surface area (TPSA) is 55.8 Å². The standard InChI is InChI=1S/C7H9AsO4/c1-11-8(9,10)12-7-5-3-2-4-6-7/h2-6H,1H3,(H,9,10). The van der Waals surface area contributed by atoms with Crippen molar-refractivity contribution in [3.8, 4) is 5.75 Å². The first-order valence-corrected chi connectivity index (χ1v) is 6.41. The molecule has 1 rings (SSSR count). The zero-order chi connectivity index (χ0) is 9.03. The number of hydrogen-bond acceptors (Lipinski definition) is 3. The van der Waals surface area contributed by atoms with Gasteiger partial charge in [0, 0.05) is 0 Å². The second-order valence-electron chi connectivity index (χ2n) is 2.06. The fourth-order valence-corrected chi connectivity index (χ4v) is 1.62. The summed E-state index contributed by atoms with van der Waals surface area (Å²) < 4.78 is 28.9. The third-order valence-corrected chi connectivity index (χ3v) is 3.09. The molecule has 0 saturated carbocycles. The maximum atomic E-state index is 10.9. The summed E-state index contributed by atoms with van der Waals surface area (Å²) in [5.41, 5.74) is 0. The summed E-state index contributed by atoms with van der Waals surface area (Å²) in [6.07, 6.45) is 0. The van der Waals surface area contributed by atoms with Crippen molar-refractivity contribution in [3.63, 3.8) is 0 Å². The van der Waals surface area contributed by atoms with Crippen LogP contribution in [0.4, 0.5) is 0 Å². The normalized spacial score (nSPS) is 15.2. The number of rotatable bonds is 3. The van der Waals surface area contributed by atoms with Gasteiger partial charge >= 0.3 is 73.0 Å². The van der Waals surface area contributed by atoms with E-state index >= 15 is 0 Å². The summed E-state index contributed by atoms with van der Waals surface area (Å²) in [4.78, 5) is 0. The number of para-hydroxylation sites is 1. The van der Waals surface area contributed by atoms with Crippen molar-refractivity contribution in [2.24, 2.45) is 0 Å². The molecule has 0 aromatic heterocycles. The molecule has 0 fully saturated rings. The minimum atomic E-state index is -4.49. The molecule has 0 spiro atoms. The molecule has 0 aliphatic carbocycles. The third-order valence-electron chi connectivity index (χ3n) is 1.19. The van der Waals surface area contributed by atoms with Crippen molar-refractivity contribution in [1.29, 1.82) is 0 Å². The first kappa shape index (κ1) is 9.39. The summed E-state index contributed by atoms with van der Waals surface area (Å²) in [5, 5.41) is 0. The Bertz CT molecular complexity index is 285. The zero-order valence-electron chi connectivity index (χ0n) is 6.51. The van der Waals surface area contributed by atoms with Gasteiger partial charge in [-0.2, -0.15) is 0 Å². The zero-order valence-corrected chi connectivity index (χ0v) is 8.38. The molecule has 0 radical (unpaired) electrons. The van der Waals surface area contributed by atoms with Crippen molar-refractivity contribution in [1.82, 2.24) is 0 Å². The summed E-state index contributed by atoms with van der Waals surface area (Å²) in [6, 6.07) is 8.38. The molecular formula is C7H9AsO4. The van der Waals surface area contributed by atoms with Gasteiger partial charge in [0.05, 0.1) is 0 Å². The summed E-state index contributed by atoms with van der Waals surface area (Å²) >= 11 is -4.49. The molecule has 1 atom stereocenters. The van der Waals surface area contributed by atoms with E-state index in [-0.39, 0.29) is 0 Å². The summed E-state index contributed by atoms with van der Waals surface area (Å²) in [5.74, 6) is 0.337. The Morgan fingerprint density at radius 3 is 2.42 bits per heavy atom. The third kappa shape index (κ3) is 2.74. The van der Waals surface area contributed by atoms with Crippen LogP contribution in [0.25, 0.3) is 0 Å². The quantitative estimate of drug-likeness (QED) is 0.774. The van der Waals surface area contributed by atoms with E-state index in [0.717, 1.165) is 7.11 Å². The Kier molecular flexibility index (Phi) is 2.98. The Morgan fingerprint density at radius 1 is 1.33 bits per heavy atom. The molecule has 1 unspecified atom stereocenters. The van der Waals surface area contributed by atoms with Crippen LogP contribution in [0.2, 0.25) is 0 Å². The average Bonchev–Trinajstić information content (AvgIpc) is 2.06. The summed E-state index contributed by atoms with van der Waals surface area (Å²) in [6.45, 7) is 0. The van der Waals surface area contributed by atoms with Crippen LogP contribution in [0.1, 0.15) is 0 Å². The Labute approximate surface area is 73.5 Å². The predicted octanol–water partition coefficient (Wildman–Crippen LogP) is 0.570. The first-order chi connectivity index (χ1) is 5.64. The monoisotopic (exact) mass is 232 g/mol. The van der Waals surface area contributed by atoms with Gasteiger partial charge < -0.3 is 0 Å². The van der Waals surface area contributed by atoms with E-state index < -0.39 is 14.5 Å². The second-order valence-corrected chi connectivity index (χ2v) is 5.17. The van der Waals surface area contributed by atoms with Gasteiger partial charge in [-0.1, -0.05) is 0 Å². The van der Waals surface area contributed by atoms with Gasteiger partial charge in [-0.15, -0.1) is 0 Å². The van der Waals surface area contributed by atoms with E-state index in [1.807, 2.05) is 0 Å². The fraction of sp³-hybridized carbons (Fsp3) is 0.143. The van der Waals surface area contributed by atoms with E-state index in [9.17, 15) is 3.74 Å². The summed E-state index contributed by atoms with van der Waals surface area (Å²) in [7, 11) is 1.14. The molecule has 4 nitrogen and oxygen atoms in total. The number of benzene rings is 1. The van der Waals surface area contributed by atoms with Crippen LogP contribution in [-0.4, -0.2) is 25.7 Å². The fourth-order valence-electron chi connectivity index (χ4n) is 0.652. The first-order valence-electron chi connectivity index (χ1n) is 3.27. The van der Waals surface area contributed by atoms with Crippen LogP contribution in [0.3, 0.4) is 0 Å². The molecule has 5 heteroatoms. The minimum absolute atomic E-state index is 0.337. The van der Waals surface area contributed by atoms with Gasteiger partial charge in [0.15, 0.2) is 0 Å². The molecule has 66 valence electrons. The van der Waals surface area contributed by atoms with Crippen LogP contribution < -0.4 is 3.73 Å². The molecule has 1 N–H and O–H groups in total. The van der Waals surface area contributed by atoms with E-state index in [1.54, 1.807) is 30.3 Å². The van der Waals surface area contributed by atoms with Crippen LogP contribution >= 0.6 is 0 Å². The Hall–Kier alpha value is -0.702.